The van der Waals surface area contributed by atoms with Gasteiger partial charge in [-0.15, -0.1) is 0 Å². The van der Waals surface area contributed by atoms with Gasteiger partial charge in [-0.3, -0.25) is 9.69 Å². The van der Waals surface area contributed by atoms with Crippen molar-refractivity contribution in [2.45, 2.75) is 88.2 Å². The van der Waals surface area contributed by atoms with E-state index in [1.54, 1.807) is 9.80 Å². The Morgan fingerprint density at radius 2 is 1.57 bits per heavy atom. The molecule has 4 atom stereocenters. The molecule has 0 spiro atoms. The van der Waals surface area contributed by atoms with E-state index in [4.69, 9.17) is 0 Å². The highest BCUT2D eigenvalue weighted by molar-refractivity contribution is 5.94. The second-order valence-electron chi connectivity index (χ2n) is 9.74. The summed E-state index contributed by atoms with van der Waals surface area (Å²) in [5.74, 6) is -4.26. The van der Waals surface area contributed by atoms with Gasteiger partial charge in [0.15, 0.2) is 11.6 Å². The van der Waals surface area contributed by atoms with Crippen molar-refractivity contribution in [1.29, 1.82) is 0 Å². The summed E-state index contributed by atoms with van der Waals surface area (Å²) < 4.78 is 41.3. The Hall–Kier alpha value is -1.72. The number of β-amino-alcohol motifs (C(OH)–C–C–N with tert-alkyl or cyclic N) is 1. The molecular formula is C25H37F3N2O5. The van der Waals surface area contributed by atoms with Gasteiger partial charge in [0.25, 0.3) is 5.91 Å². The lowest BCUT2D eigenvalue weighted by atomic mass is 9.93. The van der Waals surface area contributed by atoms with Crippen molar-refractivity contribution < 1.29 is 38.4 Å². The maximum Gasteiger partial charge on any atom is 0.257 e. The van der Waals surface area contributed by atoms with Crippen LogP contribution in [0.15, 0.2) is 12.1 Å². The van der Waals surface area contributed by atoms with Crippen LogP contribution < -0.4 is 0 Å². The first-order valence-corrected chi connectivity index (χ1v) is 12.6. The van der Waals surface area contributed by atoms with Gasteiger partial charge in [-0.2, -0.15) is 0 Å². The molecule has 0 unspecified atom stereocenters. The highest BCUT2D eigenvalue weighted by atomic mass is 19.2. The third kappa shape index (κ3) is 6.95. The smallest absolute Gasteiger partial charge is 0.257 e. The van der Waals surface area contributed by atoms with Gasteiger partial charge in [-0.1, -0.05) is 32.1 Å². The van der Waals surface area contributed by atoms with Crippen molar-refractivity contribution in [3.05, 3.63) is 35.1 Å². The molecule has 1 amide bonds. The van der Waals surface area contributed by atoms with Gasteiger partial charge in [0.05, 0.1) is 24.3 Å². The molecule has 1 saturated heterocycles. The van der Waals surface area contributed by atoms with E-state index in [0.29, 0.717) is 31.6 Å². The second kappa shape index (κ2) is 13.0. The second-order valence-corrected chi connectivity index (χ2v) is 9.74. The molecule has 198 valence electrons. The normalized spacial score (nSPS) is 26.1. The Labute approximate surface area is 204 Å². The molecule has 10 heteroatoms. The predicted molar refractivity (Wildman–Crippen MR) is 123 cm³/mol. The lowest BCUT2D eigenvalue weighted by Crippen LogP contribution is -2.62. The van der Waals surface area contributed by atoms with E-state index in [1.807, 2.05) is 0 Å². The van der Waals surface area contributed by atoms with Gasteiger partial charge in [0, 0.05) is 25.2 Å². The molecule has 2 fully saturated rings. The van der Waals surface area contributed by atoms with Crippen molar-refractivity contribution in [2.24, 2.45) is 0 Å². The van der Waals surface area contributed by atoms with Crippen LogP contribution in [0.2, 0.25) is 0 Å². The fourth-order valence-corrected chi connectivity index (χ4v) is 5.27. The number of halogens is 3. The first-order valence-electron chi connectivity index (χ1n) is 12.6. The van der Waals surface area contributed by atoms with Crippen LogP contribution in [0, 0.1) is 17.5 Å². The van der Waals surface area contributed by atoms with Gasteiger partial charge >= 0.3 is 0 Å². The summed E-state index contributed by atoms with van der Waals surface area (Å²) in [6, 6.07) is 0.351. The third-order valence-corrected chi connectivity index (χ3v) is 7.33. The van der Waals surface area contributed by atoms with Crippen LogP contribution in [0.1, 0.15) is 68.1 Å². The molecule has 3 rings (SSSR count). The van der Waals surface area contributed by atoms with Crippen molar-refractivity contribution >= 4 is 5.91 Å². The first-order chi connectivity index (χ1) is 16.7. The Morgan fingerprint density at radius 3 is 2.26 bits per heavy atom. The summed E-state index contributed by atoms with van der Waals surface area (Å²) in [5, 5.41) is 39.4. The number of rotatable bonds is 10. The number of benzene rings is 1. The summed E-state index contributed by atoms with van der Waals surface area (Å²) in [4.78, 5) is 16.5. The lowest BCUT2D eigenvalue weighted by molar-refractivity contribution is -0.145. The number of carbonyl (C=O) groups is 1. The SMILES string of the molecule is O=C(c1cc(F)c(F)cc1F)N(CCCCCCN1C[C@H](O)[C@@H](O)[C@H](O)[C@H]1CO)C1CCCCC1. The molecule has 35 heavy (non-hydrogen) atoms. The number of amides is 1. The van der Waals surface area contributed by atoms with Crippen LogP contribution in [-0.4, -0.2) is 92.8 Å². The van der Waals surface area contributed by atoms with Crippen molar-refractivity contribution in [3.63, 3.8) is 0 Å². The lowest BCUT2D eigenvalue weighted by Gasteiger charge is -2.43. The number of aliphatic hydroxyl groups excluding tert-OH is 4. The topological polar surface area (TPSA) is 104 Å². The third-order valence-electron chi connectivity index (χ3n) is 7.33. The maximum absolute atomic E-state index is 14.3. The van der Waals surface area contributed by atoms with E-state index in [9.17, 15) is 38.4 Å². The minimum atomic E-state index is -1.32. The summed E-state index contributed by atoms with van der Waals surface area (Å²) in [7, 11) is 0. The Balaban J connectivity index is 1.53. The molecule has 7 nitrogen and oxygen atoms in total. The van der Waals surface area contributed by atoms with E-state index >= 15 is 0 Å². The highest BCUT2D eigenvalue weighted by Gasteiger charge is 2.40. The largest absolute Gasteiger partial charge is 0.395 e. The molecule has 4 N–H and O–H groups in total. The molecule has 1 saturated carbocycles. The molecule has 2 aliphatic rings. The van der Waals surface area contributed by atoms with E-state index in [-0.39, 0.29) is 19.2 Å². The quantitative estimate of drug-likeness (QED) is 0.289. The average molecular weight is 503 g/mol. The Bertz CT molecular complexity index is 840. The number of nitrogens with zero attached hydrogens (tertiary/aromatic N) is 2. The minimum absolute atomic E-state index is 0.0585. The molecule has 1 aliphatic carbocycles. The van der Waals surface area contributed by atoms with Gasteiger partial charge in [0.1, 0.15) is 18.0 Å². The van der Waals surface area contributed by atoms with E-state index in [1.165, 1.54) is 0 Å². The Kier molecular flexibility index (Phi) is 10.4. The molecule has 1 aliphatic heterocycles. The predicted octanol–water partition coefficient (Wildman–Crippen LogP) is 2.20. The minimum Gasteiger partial charge on any atom is -0.395 e. The number of aliphatic hydroxyl groups is 4. The van der Waals surface area contributed by atoms with Crippen LogP contribution in [0.4, 0.5) is 13.2 Å². The van der Waals surface area contributed by atoms with Gasteiger partial charge < -0.3 is 25.3 Å². The van der Waals surface area contributed by atoms with Gasteiger partial charge in [0.2, 0.25) is 0 Å². The molecule has 0 radical (unpaired) electrons. The van der Waals surface area contributed by atoms with E-state index in [2.05, 4.69) is 0 Å². The van der Waals surface area contributed by atoms with Crippen molar-refractivity contribution in [1.82, 2.24) is 9.80 Å². The molecular weight excluding hydrogens is 465 g/mol. The summed E-state index contributed by atoms with van der Waals surface area (Å²) in [6.07, 6.45) is 3.92. The van der Waals surface area contributed by atoms with Gasteiger partial charge in [-0.05, 0) is 38.3 Å². The number of likely N-dealkylation sites (tertiary alicyclic amines) is 1. The maximum atomic E-state index is 14.3. The van der Waals surface area contributed by atoms with Crippen molar-refractivity contribution in [2.75, 3.05) is 26.2 Å². The summed E-state index contributed by atoms with van der Waals surface area (Å²) in [5.41, 5.74) is -0.450. The van der Waals surface area contributed by atoms with Crippen LogP contribution in [0.25, 0.3) is 0 Å². The molecule has 0 bridgehead atoms. The number of hydrogen-bond acceptors (Lipinski definition) is 6. The zero-order chi connectivity index (χ0) is 25.5. The van der Waals surface area contributed by atoms with Crippen LogP contribution >= 0.6 is 0 Å². The van der Waals surface area contributed by atoms with Crippen LogP contribution in [0.5, 0.6) is 0 Å². The summed E-state index contributed by atoms with van der Waals surface area (Å²) in [6.45, 7) is 0.739. The van der Waals surface area contributed by atoms with Crippen LogP contribution in [0.3, 0.4) is 0 Å². The summed E-state index contributed by atoms with van der Waals surface area (Å²) >= 11 is 0. The van der Waals surface area contributed by atoms with Gasteiger partial charge in [-0.25, -0.2) is 13.2 Å². The first kappa shape index (κ1) is 27.9. The fourth-order valence-electron chi connectivity index (χ4n) is 5.27. The number of carbonyl (C=O) groups excluding carboxylic acids is 1. The Morgan fingerprint density at radius 1 is 0.914 bits per heavy atom. The number of unbranched alkanes of at least 4 members (excludes halogenated alkanes) is 3. The average Bonchev–Trinajstić information content (AvgIpc) is 2.84. The highest BCUT2D eigenvalue weighted by Crippen LogP contribution is 2.26. The van der Waals surface area contributed by atoms with E-state index in [0.717, 1.165) is 51.4 Å². The van der Waals surface area contributed by atoms with E-state index < -0.39 is 53.3 Å². The monoisotopic (exact) mass is 502 g/mol. The molecule has 1 aromatic rings. The molecule has 1 aromatic carbocycles. The molecule has 0 aromatic heterocycles. The molecule has 1 heterocycles. The zero-order valence-electron chi connectivity index (χ0n) is 20.0. The number of piperidine rings is 1. The van der Waals surface area contributed by atoms with Crippen LogP contribution in [-0.2, 0) is 0 Å². The van der Waals surface area contributed by atoms with Crippen molar-refractivity contribution in [3.8, 4) is 0 Å². The standard InChI is InChI=1S/C25H37F3N2O5/c26-18-13-20(28)19(27)12-17(18)25(35)30(16-8-4-3-5-9-16)11-7-2-1-6-10-29-14-22(32)24(34)23(33)21(29)15-31/h12-13,16,21-24,31-34H,1-11,14-15H2/t21-,22+,23-,24-/m1/s1. The number of hydrogen-bond donors (Lipinski definition) is 4. The fraction of sp³-hybridized carbons (Fsp3) is 0.720. The zero-order valence-corrected chi connectivity index (χ0v) is 20.0.